The monoisotopic (exact) mass is 614 g/mol. The smallest absolute Gasteiger partial charge is 0.261 e. The van der Waals surface area contributed by atoms with E-state index in [2.05, 4.69) is 54.7 Å². The molecule has 1 fully saturated rings. The lowest BCUT2D eigenvalue weighted by molar-refractivity contribution is 0.244. The van der Waals surface area contributed by atoms with E-state index in [1.165, 1.54) is 49.3 Å². The van der Waals surface area contributed by atoms with Crippen LogP contribution in [-0.4, -0.2) is 29.6 Å². The highest BCUT2D eigenvalue weighted by molar-refractivity contribution is 7.92. The van der Waals surface area contributed by atoms with Gasteiger partial charge in [0.1, 0.15) is 5.82 Å². The zero-order chi connectivity index (χ0) is 30.8. The second-order valence-corrected chi connectivity index (χ2v) is 14.4. The summed E-state index contributed by atoms with van der Waals surface area (Å²) in [5.41, 5.74) is 8.68. The molecule has 4 aromatic rings. The second kappa shape index (κ2) is 12.9. The largest absolute Gasteiger partial charge is 0.294 e. The number of aromatic nitrogens is 2. The highest BCUT2D eigenvalue weighted by Crippen LogP contribution is 2.30. The van der Waals surface area contributed by atoms with Crippen molar-refractivity contribution in [2.75, 3.05) is 11.3 Å². The van der Waals surface area contributed by atoms with Crippen LogP contribution in [0.25, 0.3) is 5.69 Å². The van der Waals surface area contributed by atoms with E-state index in [0.29, 0.717) is 0 Å². The average molecular weight is 615 g/mol. The van der Waals surface area contributed by atoms with Crippen LogP contribution < -0.4 is 4.72 Å². The van der Waals surface area contributed by atoms with Crippen LogP contribution >= 0.6 is 0 Å². The molecule has 2 heterocycles. The third kappa shape index (κ3) is 6.76. The first kappa shape index (κ1) is 30.5. The molecule has 0 spiro atoms. The molecular weight excluding hydrogens is 571 g/mol. The van der Waals surface area contributed by atoms with Crippen LogP contribution in [0.1, 0.15) is 77.7 Å². The van der Waals surface area contributed by atoms with Crippen LogP contribution in [0.2, 0.25) is 0 Å². The maximum atomic E-state index is 15.0. The molecule has 1 N–H and O–H groups in total. The summed E-state index contributed by atoms with van der Waals surface area (Å²) in [4.78, 5) is 2.55. The number of fused-ring (bicyclic) bond motifs is 1. The summed E-state index contributed by atoms with van der Waals surface area (Å²) in [6, 6.07) is 18.5. The Morgan fingerprint density at radius 3 is 2.48 bits per heavy atom. The standard InChI is InChI=1S/C36H43FN4O2S/c1-25-11-15-32(16-12-25)41-27(3)34(26(2)38-41)24-40-20-19-30-22-33(17-14-31(30)23-40)44(42,43)39-36-18-13-29(21-35(36)37)10-6-9-28-7-4-5-8-28/h11-18,21-22,28,39H,4-10,19-20,23-24H2,1-3H3. The molecule has 1 aliphatic carbocycles. The third-order valence-electron chi connectivity index (χ3n) is 9.51. The maximum Gasteiger partial charge on any atom is 0.261 e. The second-order valence-electron chi connectivity index (χ2n) is 12.8. The molecule has 232 valence electrons. The molecule has 8 heteroatoms. The van der Waals surface area contributed by atoms with E-state index in [1.807, 2.05) is 16.8 Å². The Morgan fingerprint density at radius 2 is 1.73 bits per heavy atom. The molecule has 44 heavy (non-hydrogen) atoms. The molecule has 6 nitrogen and oxygen atoms in total. The van der Waals surface area contributed by atoms with Gasteiger partial charge >= 0.3 is 0 Å². The summed E-state index contributed by atoms with van der Waals surface area (Å²) in [6.07, 6.45) is 9.08. The average Bonchev–Trinajstić information content (AvgIpc) is 3.62. The lowest BCUT2D eigenvalue weighted by Gasteiger charge is -2.29. The quantitative estimate of drug-likeness (QED) is 0.198. The van der Waals surface area contributed by atoms with Gasteiger partial charge in [0.05, 0.1) is 22.0 Å². The summed E-state index contributed by atoms with van der Waals surface area (Å²) in [5.74, 6) is 0.283. The Morgan fingerprint density at radius 1 is 0.955 bits per heavy atom. The van der Waals surface area contributed by atoms with Crippen molar-refractivity contribution < 1.29 is 12.8 Å². The SMILES string of the molecule is Cc1ccc(-n2nc(C)c(CN3CCc4cc(S(=O)(=O)Nc5ccc(CCCC6CCCC6)cc5F)ccc4C3)c2C)cc1. The lowest BCUT2D eigenvalue weighted by Crippen LogP contribution is -2.30. The zero-order valence-electron chi connectivity index (χ0n) is 26.1. The predicted molar refractivity (Wildman–Crippen MR) is 174 cm³/mol. The van der Waals surface area contributed by atoms with Gasteiger partial charge in [-0.15, -0.1) is 0 Å². The predicted octanol–water partition coefficient (Wildman–Crippen LogP) is 7.81. The molecule has 0 unspecified atom stereocenters. The van der Waals surface area contributed by atoms with Gasteiger partial charge in [0, 0.05) is 30.9 Å². The van der Waals surface area contributed by atoms with Crippen LogP contribution in [0.3, 0.4) is 0 Å². The molecule has 3 aromatic carbocycles. The Hall–Kier alpha value is -3.49. The molecule has 1 aliphatic heterocycles. The van der Waals surface area contributed by atoms with Gasteiger partial charge in [-0.3, -0.25) is 9.62 Å². The normalized spacial score (nSPS) is 15.9. The van der Waals surface area contributed by atoms with Crippen molar-refractivity contribution in [3.8, 4) is 5.69 Å². The van der Waals surface area contributed by atoms with Crippen molar-refractivity contribution in [2.24, 2.45) is 5.92 Å². The van der Waals surface area contributed by atoms with E-state index < -0.39 is 15.8 Å². The number of aryl methyl sites for hydroxylation is 3. The van der Waals surface area contributed by atoms with E-state index in [9.17, 15) is 12.8 Å². The Bertz CT molecular complexity index is 1740. The van der Waals surface area contributed by atoms with Crippen LogP contribution in [0.4, 0.5) is 10.1 Å². The van der Waals surface area contributed by atoms with E-state index in [-0.39, 0.29) is 10.6 Å². The number of rotatable bonds is 10. The van der Waals surface area contributed by atoms with Crippen LogP contribution in [0, 0.1) is 32.5 Å². The van der Waals surface area contributed by atoms with Gasteiger partial charge in [-0.25, -0.2) is 17.5 Å². The fraction of sp³-hybridized carbons (Fsp3) is 0.417. The Kier molecular flexibility index (Phi) is 8.92. The first-order chi connectivity index (χ1) is 21.2. The van der Waals surface area contributed by atoms with E-state index in [0.717, 1.165) is 78.6 Å². The van der Waals surface area contributed by atoms with E-state index in [4.69, 9.17) is 5.10 Å². The molecule has 2 aliphatic rings. The zero-order valence-corrected chi connectivity index (χ0v) is 26.9. The summed E-state index contributed by atoms with van der Waals surface area (Å²) >= 11 is 0. The molecule has 1 aromatic heterocycles. The van der Waals surface area contributed by atoms with Crippen LogP contribution in [0.15, 0.2) is 65.6 Å². The molecule has 0 bridgehead atoms. The number of nitrogens with one attached hydrogen (secondary N) is 1. The topological polar surface area (TPSA) is 67.2 Å². The number of halogens is 1. The van der Waals surface area contributed by atoms with Crippen molar-refractivity contribution in [1.82, 2.24) is 14.7 Å². The fourth-order valence-electron chi connectivity index (χ4n) is 6.85. The molecule has 0 radical (unpaired) electrons. The van der Waals surface area contributed by atoms with Crippen LogP contribution in [-0.2, 0) is 36.0 Å². The number of hydrogen-bond donors (Lipinski definition) is 1. The van der Waals surface area contributed by atoms with Gasteiger partial charge in [-0.05, 0) is 99.0 Å². The summed E-state index contributed by atoms with van der Waals surface area (Å²) < 4.78 is 46.0. The van der Waals surface area contributed by atoms with Crippen LogP contribution in [0.5, 0.6) is 0 Å². The number of hydrogen-bond acceptors (Lipinski definition) is 4. The fourth-order valence-corrected chi connectivity index (χ4v) is 7.97. The third-order valence-corrected chi connectivity index (χ3v) is 10.9. The van der Waals surface area contributed by atoms with Crippen molar-refractivity contribution in [3.63, 3.8) is 0 Å². The van der Waals surface area contributed by atoms with Crippen molar-refractivity contribution >= 4 is 15.7 Å². The number of benzene rings is 3. The number of sulfonamides is 1. The lowest BCUT2D eigenvalue weighted by atomic mass is 9.98. The first-order valence-electron chi connectivity index (χ1n) is 15.9. The maximum absolute atomic E-state index is 15.0. The van der Waals surface area contributed by atoms with Gasteiger partial charge in [-0.2, -0.15) is 5.10 Å². The minimum atomic E-state index is -3.92. The van der Waals surface area contributed by atoms with Gasteiger partial charge in [0.15, 0.2) is 0 Å². The molecular formula is C36H43FN4O2S. The van der Waals surface area contributed by atoms with Gasteiger partial charge in [0.25, 0.3) is 10.0 Å². The first-order valence-corrected chi connectivity index (χ1v) is 17.4. The van der Waals surface area contributed by atoms with Crippen molar-refractivity contribution in [1.29, 1.82) is 0 Å². The minimum absolute atomic E-state index is 0.00892. The molecule has 0 atom stereocenters. The summed E-state index contributed by atoms with van der Waals surface area (Å²) in [7, 11) is -3.92. The van der Waals surface area contributed by atoms with Crippen molar-refractivity contribution in [3.05, 3.63) is 106 Å². The van der Waals surface area contributed by atoms with Gasteiger partial charge in [0.2, 0.25) is 0 Å². The Balaban J connectivity index is 1.09. The summed E-state index contributed by atoms with van der Waals surface area (Å²) in [6.45, 7) is 8.58. The van der Waals surface area contributed by atoms with E-state index >= 15 is 0 Å². The highest BCUT2D eigenvalue weighted by atomic mass is 32.2. The molecule has 1 saturated carbocycles. The molecule has 0 saturated heterocycles. The van der Waals surface area contributed by atoms with E-state index in [1.54, 1.807) is 18.2 Å². The summed E-state index contributed by atoms with van der Waals surface area (Å²) in [5, 5.41) is 4.82. The Labute approximate surface area is 261 Å². The van der Waals surface area contributed by atoms with Crippen molar-refractivity contribution in [2.45, 2.75) is 90.1 Å². The van der Waals surface area contributed by atoms with Gasteiger partial charge in [-0.1, -0.05) is 61.9 Å². The minimum Gasteiger partial charge on any atom is -0.294 e. The number of anilines is 1. The van der Waals surface area contributed by atoms with Gasteiger partial charge < -0.3 is 0 Å². The molecule has 0 amide bonds. The molecule has 6 rings (SSSR count). The highest BCUT2D eigenvalue weighted by Gasteiger charge is 2.24. The number of nitrogens with zero attached hydrogens (tertiary/aromatic N) is 3.